The molecular formula is C20H25N3O2. The van der Waals surface area contributed by atoms with Gasteiger partial charge in [0, 0.05) is 20.3 Å². The van der Waals surface area contributed by atoms with Crippen LogP contribution >= 0.6 is 0 Å². The zero-order valence-electron chi connectivity index (χ0n) is 15.1. The third-order valence-corrected chi connectivity index (χ3v) is 5.05. The van der Waals surface area contributed by atoms with Crippen LogP contribution in [0.2, 0.25) is 0 Å². The summed E-state index contributed by atoms with van der Waals surface area (Å²) in [7, 11) is 5.61. The van der Waals surface area contributed by atoms with Crippen molar-refractivity contribution in [2.75, 3.05) is 26.1 Å². The van der Waals surface area contributed by atoms with E-state index in [-0.39, 0.29) is 5.91 Å². The number of benzene rings is 1. The number of ether oxygens (including phenoxy) is 1. The third kappa shape index (κ3) is 3.31. The Morgan fingerprint density at radius 1 is 1.24 bits per heavy atom. The number of carbonyl (C=O) groups is 1. The summed E-state index contributed by atoms with van der Waals surface area (Å²) in [6, 6.07) is 11.8. The molecule has 132 valence electrons. The normalized spacial score (nSPS) is 15.2. The zero-order valence-corrected chi connectivity index (χ0v) is 15.1. The van der Waals surface area contributed by atoms with E-state index in [0.717, 1.165) is 42.0 Å². The standard InChI is InChI=1S/C20H25N3O2/c1-23(2)18-6-4-13-21-17(18)14-22-19(24)20(11-5-12-20)15-7-9-16(25-3)10-8-15/h4,6-10,13H,5,11-12,14H2,1-3H3,(H,22,24). The van der Waals surface area contributed by atoms with E-state index < -0.39 is 5.41 Å². The van der Waals surface area contributed by atoms with Gasteiger partial charge in [-0.3, -0.25) is 9.78 Å². The predicted octanol–water partition coefficient (Wildman–Crippen LogP) is 2.89. The van der Waals surface area contributed by atoms with Gasteiger partial charge in [0.25, 0.3) is 0 Å². The van der Waals surface area contributed by atoms with Gasteiger partial charge in [0.05, 0.1) is 30.5 Å². The molecule has 0 bridgehead atoms. The van der Waals surface area contributed by atoms with Crippen LogP contribution in [0.15, 0.2) is 42.6 Å². The van der Waals surface area contributed by atoms with Crippen LogP contribution in [-0.4, -0.2) is 32.1 Å². The SMILES string of the molecule is COc1ccc(C2(C(=O)NCc3ncccc3N(C)C)CCC2)cc1. The van der Waals surface area contributed by atoms with Crippen LogP contribution < -0.4 is 15.0 Å². The van der Waals surface area contributed by atoms with E-state index in [1.165, 1.54) is 0 Å². The van der Waals surface area contributed by atoms with Crippen LogP contribution in [0.1, 0.15) is 30.5 Å². The molecule has 5 heteroatoms. The van der Waals surface area contributed by atoms with Crippen molar-refractivity contribution in [1.29, 1.82) is 0 Å². The summed E-state index contributed by atoms with van der Waals surface area (Å²) >= 11 is 0. The van der Waals surface area contributed by atoms with Gasteiger partial charge < -0.3 is 15.0 Å². The van der Waals surface area contributed by atoms with E-state index in [4.69, 9.17) is 4.74 Å². The molecule has 1 aromatic carbocycles. The molecule has 3 rings (SSSR count). The second kappa shape index (κ2) is 7.13. The maximum atomic E-state index is 13.0. The van der Waals surface area contributed by atoms with Crippen LogP contribution in [0, 0.1) is 0 Å². The summed E-state index contributed by atoms with van der Waals surface area (Å²) < 4.78 is 5.22. The Labute approximate surface area is 149 Å². The second-order valence-corrected chi connectivity index (χ2v) is 6.71. The molecule has 0 unspecified atom stereocenters. The van der Waals surface area contributed by atoms with Gasteiger partial charge in [-0.2, -0.15) is 0 Å². The van der Waals surface area contributed by atoms with E-state index in [9.17, 15) is 4.79 Å². The van der Waals surface area contributed by atoms with Crippen LogP contribution in [0.25, 0.3) is 0 Å². The molecular weight excluding hydrogens is 314 g/mol. The number of nitrogens with one attached hydrogen (secondary N) is 1. The molecule has 0 radical (unpaired) electrons. The van der Waals surface area contributed by atoms with Gasteiger partial charge in [-0.1, -0.05) is 18.6 Å². The van der Waals surface area contributed by atoms with Crippen molar-refractivity contribution in [3.63, 3.8) is 0 Å². The van der Waals surface area contributed by atoms with Crippen molar-refractivity contribution in [2.45, 2.75) is 31.2 Å². The topological polar surface area (TPSA) is 54.5 Å². The Bertz CT molecular complexity index is 737. The van der Waals surface area contributed by atoms with Crippen molar-refractivity contribution < 1.29 is 9.53 Å². The minimum Gasteiger partial charge on any atom is -0.497 e. The van der Waals surface area contributed by atoms with Gasteiger partial charge in [-0.25, -0.2) is 0 Å². The molecule has 1 amide bonds. The largest absolute Gasteiger partial charge is 0.497 e. The highest BCUT2D eigenvalue weighted by atomic mass is 16.5. The van der Waals surface area contributed by atoms with Gasteiger partial charge >= 0.3 is 0 Å². The van der Waals surface area contributed by atoms with Crippen LogP contribution in [-0.2, 0) is 16.8 Å². The predicted molar refractivity (Wildman–Crippen MR) is 98.9 cm³/mol. The molecule has 0 atom stereocenters. The van der Waals surface area contributed by atoms with Crippen molar-refractivity contribution in [3.05, 3.63) is 53.9 Å². The summed E-state index contributed by atoms with van der Waals surface area (Å²) in [5.41, 5.74) is 2.55. The fourth-order valence-corrected chi connectivity index (χ4v) is 3.39. The Hall–Kier alpha value is -2.56. The summed E-state index contributed by atoms with van der Waals surface area (Å²) in [6.07, 6.45) is 4.60. The number of hydrogen-bond donors (Lipinski definition) is 1. The molecule has 1 N–H and O–H groups in total. The molecule has 1 heterocycles. The summed E-state index contributed by atoms with van der Waals surface area (Å²) in [4.78, 5) is 19.4. The first kappa shape index (κ1) is 17.3. The van der Waals surface area contributed by atoms with Crippen LogP contribution in [0.3, 0.4) is 0 Å². The fourth-order valence-electron chi connectivity index (χ4n) is 3.39. The number of anilines is 1. The molecule has 5 nitrogen and oxygen atoms in total. The molecule has 1 aliphatic rings. The summed E-state index contributed by atoms with van der Waals surface area (Å²) in [5, 5.41) is 3.10. The van der Waals surface area contributed by atoms with Crippen molar-refractivity contribution >= 4 is 11.6 Å². The first-order valence-electron chi connectivity index (χ1n) is 8.61. The van der Waals surface area contributed by atoms with Crippen molar-refractivity contribution in [1.82, 2.24) is 10.3 Å². The highest BCUT2D eigenvalue weighted by Gasteiger charge is 2.45. The van der Waals surface area contributed by atoms with Gasteiger partial charge in [-0.15, -0.1) is 0 Å². The molecule has 1 fully saturated rings. The quantitative estimate of drug-likeness (QED) is 0.879. The average molecular weight is 339 g/mol. The van der Waals surface area contributed by atoms with Gasteiger partial charge in [-0.05, 0) is 42.7 Å². The van der Waals surface area contributed by atoms with Crippen LogP contribution in [0.5, 0.6) is 5.75 Å². The van der Waals surface area contributed by atoms with Gasteiger partial charge in [0.15, 0.2) is 0 Å². The number of rotatable bonds is 6. The highest BCUT2D eigenvalue weighted by Crippen LogP contribution is 2.44. The zero-order chi connectivity index (χ0) is 17.9. The number of nitrogens with zero attached hydrogens (tertiary/aromatic N) is 2. The molecule has 0 saturated heterocycles. The van der Waals surface area contributed by atoms with E-state index in [2.05, 4.69) is 10.3 Å². The number of carbonyl (C=O) groups excluding carboxylic acids is 1. The van der Waals surface area contributed by atoms with Gasteiger partial charge in [0.1, 0.15) is 5.75 Å². The average Bonchev–Trinajstić information content (AvgIpc) is 2.59. The molecule has 1 saturated carbocycles. The van der Waals surface area contributed by atoms with Gasteiger partial charge in [0.2, 0.25) is 5.91 Å². The lowest BCUT2D eigenvalue weighted by Crippen LogP contribution is -2.49. The second-order valence-electron chi connectivity index (χ2n) is 6.71. The van der Waals surface area contributed by atoms with E-state index in [1.54, 1.807) is 13.3 Å². The number of methoxy groups -OCH3 is 1. The lowest BCUT2D eigenvalue weighted by atomic mass is 9.64. The number of hydrogen-bond acceptors (Lipinski definition) is 4. The van der Waals surface area contributed by atoms with Crippen LogP contribution in [0.4, 0.5) is 5.69 Å². The van der Waals surface area contributed by atoms with E-state index in [0.29, 0.717) is 6.54 Å². The number of amides is 1. The lowest BCUT2D eigenvalue weighted by molar-refractivity contribution is -0.130. The Kier molecular flexibility index (Phi) is 4.93. The van der Waals surface area contributed by atoms with E-state index in [1.807, 2.05) is 55.4 Å². The highest BCUT2D eigenvalue weighted by molar-refractivity contribution is 5.89. The first-order valence-corrected chi connectivity index (χ1v) is 8.61. The van der Waals surface area contributed by atoms with Crippen molar-refractivity contribution in [3.8, 4) is 5.75 Å². The first-order chi connectivity index (χ1) is 12.1. The molecule has 1 aliphatic carbocycles. The lowest BCUT2D eigenvalue weighted by Gasteiger charge is -2.40. The third-order valence-electron chi connectivity index (χ3n) is 5.05. The maximum Gasteiger partial charge on any atom is 0.230 e. The smallest absolute Gasteiger partial charge is 0.230 e. The molecule has 2 aromatic rings. The number of pyridine rings is 1. The van der Waals surface area contributed by atoms with Crippen molar-refractivity contribution in [2.24, 2.45) is 0 Å². The van der Waals surface area contributed by atoms with E-state index >= 15 is 0 Å². The molecule has 1 aromatic heterocycles. The summed E-state index contributed by atoms with van der Waals surface area (Å²) in [6.45, 7) is 0.436. The maximum absolute atomic E-state index is 13.0. The molecule has 25 heavy (non-hydrogen) atoms. The monoisotopic (exact) mass is 339 g/mol. The molecule has 0 aliphatic heterocycles. The number of aromatic nitrogens is 1. The summed E-state index contributed by atoms with van der Waals surface area (Å²) in [5.74, 6) is 0.891. The molecule has 0 spiro atoms. The minimum absolute atomic E-state index is 0.0827. The Morgan fingerprint density at radius 2 is 1.96 bits per heavy atom. The fraction of sp³-hybridized carbons (Fsp3) is 0.400. The minimum atomic E-state index is -0.417. The Morgan fingerprint density at radius 3 is 2.52 bits per heavy atom. The Balaban J connectivity index is 1.75.